The molecule has 1 unspecified atom stereocenters. The SMILES string of the molecule is O=C(O)CC(Cl)C(=O)c1ccc2c(c1)CCC2. The van der Waals surface area contributed by atoms with Crippen LogP contribution in [0.4, 0.5) is 0 Å². The first kappa shape index (κ1) is 12.1. The number of benzene rings is 1. The fourth-order valence-electron chi connectivity index (χ4n) is 2.15. The maximum atomic E-state index is 11.9. The highest BCUT2D eigenvalue weighted by atomic mass is 35.5. The summed E-state index contributed by atoms with van der Waals surface area (Å²) in [7, 11) is 0. The molecule has 0 aliphatic heterocycles. The van der Waals surface area contributed by atoms with Gasteiger partial charge in [-0.2, -0.15) is 0 Å². The van der Waals surface area contributed by atoms with Gasteiger partial charge in [0.25, 0.3) is 0 Å². The lowest BCUT2D eigenvalue weighted by Crippen LogP contribution is -2.18. The lowest BCUT2D eigenvalue weighted by Gasteiger charge is -2.07. The van der Waals surface area contributed by atoms with Gasteiger partial charge in [0, 0.05) is 5.56 Å². The van der Waals surface area contributed by atoms with Gasteiger partial charge in [-0.25, -0.2) is 0 Å². The van der Waals surface area contributed by atoms with Crippen LogP contribution in [0.2, 0.25) is 0 Å². The maximum absolute atomic E-state index is 11.9. The lowest BCUT2D eigenvalue weighted by molar-refractivity contribution is -0.136. The minimum absolute atomic E-state index is 0.302. The van der Waals surface area contributed by atoms with Gasteiger partial charge in [0.15, 0.2) is 5.78 Å². The quantitative estimate of drug-likeness (QED) is 0.661. The zero-order valence-corrected chi connectivity index (χ0v) is 10.0. The van der Waals surface area contributed by atoms with Gasteiger partial charge in [-0.15, -0.1) is 11.6 Å². The van der Waals surface area contributed by atoms with Crippen LogP contribution in [0.1, 0.15) is 34.3 Å². The summed E-state index contributed by atoms with van der Waals surface area (Å²) < 4.78 is 0. The molecule has 3 nitrogen and oxygen atoms in total. The maximum Gasteiger partial charge on any atom is 0.305 e. The number of rotatable bonds is 4. The molecule has 0 bridgehead atoms. The molecule has 0 radical (unpaired) electrons. The van der Waals surface area contributed by atoms with Gasteiger partial charge in [-0.1, -0.05) is 12.1 Å². The Kier molecular flexibility index (Phi) is 3.48. The molecule has 90 valence electrons. The van der Waals surface area contributed by atoms with Crippen LogP contribution >= 0.6 is 11.6 Å². The van der Waals surface area contributed by atoms with Gasteiger partial charge in [0.2, 0.25) is 0 Å². The summed E-state index contributed by atoms with van der Waals surface area (Å²) in [6, 6.07) is 5.53. The number of carbonyl (C=O) groups is 2. The van der Waals surface area contributed by atoms with Gasteiger partial charge in [0.05, 0.1) is 6.42 Å². The molecule has 1 N–H and O–H groups in total. The number of hydrogen-bond donors (Lipinski definition) is 1. The predicted molar refractivity (Wildman–Crippen MR) is 64.7 cm³/mol. The summed E-state index contributed by atoms with van der Waals surface area (Å²) >= 11 is 5.78. The third-order valence-corrected chi connectivity index (χ3v) is 3.37. The number of halogens is 1. The molecule has 0 aromatic heterocycles. The second-order valence-corrected chi connectivity index (χ2v) is 4.79. The minimum atomic E-state index is -1.06. The topological polar surface area (TPSA) is 54.4 Å². The molecule has 4 heteroatoms. The number of aryl methyl sites for hydroxylation is 2. The van der Waals surface area contributed by atoms with Crippen LogP contribution < -0.4 is 0 Å². The van der Waals surface area contributed by atoms with Crippen molar-refractivity contribution in [3.05, 3.63) is 34.9 Å². The molecular formula is C13H13ClO3. The summed E-state index contributed by atoms with van der Waals surface area (Å²) in [6.45, 7) is 0. The smallest absolute Gasteiger partial charge is 0.305 e. The minimum Gasteiger partial charge on any atom is -0.481 e. The summed E-state index contributed by atoms with van der Waals surface area (Å²) in [6.07, 6.45) is 2.83. The summed E-state index contributed by atoms with van der Waals surface area (Å²) in [5, 5.41) is 7.62. The lowest BCUT2D eigenvalue weighted by atomic mass is 10.0. The average Bonchev–Trinajstić information content (AvgIpc) is 2.73. The van der Waals surface area contributed by atoms with E-state index >= 15 is 0 Å². The highest BCUT2D eigenvalue weighted by molar-refractivity contribution is 6.34. The van der Waals surface area contributed by atoms with E-state index in [2.05, 4.69) is 0 Å². The Morgan fingerprint density at radius 1 is 1.29 bits per heavy atom. The second kappa shape index (κ2) is 4.88. The first-order valence-corrected chi connectivity index (χ1v) is 6.03. The number of fused-ring (bicyclic) bond motifs is 1. The van der Waals surface area contributed by atoms with Crippen molar-refractivity contribution < 1.29 is 14.7 Å². The fraction of sp³-hybridized carbons (Fsp3) is 0.385. The molecule has 0 fully saturated rings. The van der Waals surface area contributed by atoms with E-state index in [1.54, 1.807) is 6.07 Å². The fourth-order valence-corrected chi connectivity index (χ4v) is 2.41. The first-order chi connectivity index (χ1) is 8.08. The van der Waals surface area contributed by atoms with Gasteiger partial charge in [-0.3, -0.25) is 9.59 Å². The highest BCUT2D eigenvalue weighted by Gasteiger charge is 2.22. The first-order valence-electron chi connectivity index (χ1n) is 5.60. The van der Waals surface area contributed by atoms with Crippen LogP contribution in [0.25, 0.3) is 0 Å². The van der Waals surface area contributed by atoms with Gasteiger partial charge < -0.3 is 5.11 Å². The van der Waals surface area contributed by atoms with Gasteiger partial charge in [-0.05, 0) is 36.5 Å². The Balaban J connectivity index is 2.17. The third-order valence-electron chi connectivity index (χ3n) is 3.02. The van der Waals surface area contributed by atoms with Crippen molar-refractivity contribution in [2.45, 2.75) is 31.1 Å². The molecule has 17 heavy (non-hydrogen) atoms. The summed E-state index contributed by atoms with van der Waals surface area (Å²) in [5.74, 6) is -1.36. The normalized spacial score (nSPS) is 15.4. The monoisotopic (exact) mass is 252 g/mol. The number of carbonyl (C=O) groups excluding carboxylic acids is 1. The number of hydrogen-bond acceptors (Lipinski definition) is 2. The highest BCUT2D eigenvalue weighted by Crippen LogP contribution is 2.24. The summed E-state index contributed by atoms with van der Waals surface area (Å²) in [4.78, 5) is 22.4. The van der Waals surface area contributed by atoms with Crippen molar-refractivity contribution in [3.8, 4) is 0 Å². The van der Waals surface area contributed by atoms with E-state index in [1.807, 2.05) is 12.1 Å². The molecule has 0 heterocycles. The van der Waals surface area contributed by atoms with Crippen molar-refractivity contribution in [1.29, 1.82) is 0 Å². The Labute approximate surface area is 104 Å². The number of ketones is 1. The molecule has 0 saturated heterocycles. The number of carboxylic acid groups (broad SMARTS) is 1. The molecule has 0 spiro atoms. The van der Waals surface area contributed by atoms with E-state index < -0.39 is 11.3 Å². The molecule has 1 aromatic rings. The van der Waals surface area contributed by atoms with Crippen LogP contribution in [0.15, 0.2) is 18.2 Å². The van der Waals surface area contributed by atoms with Crippen LogP contribution in [-0.2, 0) is 17.6 Å². The molecule has 2 rings (SSSR count). The van der Waals surface area contributed by atoms with E-state index in [0.717, 1.165) is 19.3 Å². The standard InChI is InChI=1S/C13H13ClO3/c14-11(7-12(15)16)13(17)10-5-4-8-2-1-3-9(8)6-10/h4-6,11H,1-3,7H2,(H,15,16). The number of alkyl halides is 1. The predicted octanol–water partition coefficient (Wildman–Crippen LogP) is 2.44. The van der Waals surface area contributed by atoms with Gasteiger partial charge in [0.1, 0.15) is 5.38 Å². The summed E-state index contributed by atoms with van der Waals surface area (Å²) in [5.41, 5.74) is 2.99. The zero-order valence-electron chi connectivity index (χ0n) is 9.28. The van der Waals surface area contributed by atoms with Crippen molar-refractivity contribution in [1.82, 2.24) is 0 Å². The van der Waals surface area contributed by atoms with E-state index in [9.17, 15) is 9.59 Å². The van der Waals surface area contributed by atoms with E-state index in [-0.39, 0.29) is 12.2 Å². The van der Waals surface area contributed by atoms with Gasteiger partial charge >= 0.3 is 5.97 Å². The molecule has 1 aromatic carbocycles. The van der Waals surface area contributed by atoms with Crippen LogP contribution in [0.5, 0.6) is 0 Å². The Morgan fingerprint density at radius 3 is 2.71 bits per heavy atom. The van der Waals surface area contributed by atoms with E-state index in [1.165, 1.54) is 11.1 Å². The molecule has 1 aliphatic carbocycles. The second-order valence-electron chi connectivity index (χ2n) is 4.27. The van der Waals surface area contributed by atoms with Crippen LogP contribution in [0, 0.1) is 0 Å². The Hall–Kier alpha value is -1.35. The van der Waals surface area contributed by atoms with Crippen LogP contribution in [0.3, 0.4) is 0 Å². The van der Waals surface area contributed by atoms with Crippen molar-refractivity contribution >= 4 is 23.4 Å². The number of carboxylic acids is 1. The molecular weight excluding hydrogens is 240 g/mol. The van der Waals surface area contributed by atoms with Crippen molar-refractivity contribution in [2.75, 3.05) is 0 Å². The van der Waals surface area contributed by atoms with Crippen LogP contribution in [-0.4, -0.2) is 22.2 Å². The number of Topliss-reactive ketones (excluding diaryl/α,β-unsaturated/α-hetero) is 1. The Morgan fingerprint density at radius 2 is 2.00 bits per heavy atom. The van der Waals surface area contributed by atoms with E-state index in [0.29, 0.717) is 5.56 Å². The molecule has 0 saturated carbocycles. The van der Waals surface area contributed by atoms with E-state index in [4.69, 9.17) is 16.7 Å². The number of aliphatic carboxylic acids is 1. The third kappa shape index (κ3) is 2.67. The van der Waals surface area contributed by atoms with Crippen molar-refractivity contribution in [3.63, 3.8) is 0 Å². The Bertz CT molecular complexity index is 468. The zero-order chi connectivity index (χ0) is 12.4. The molecule has 0 amide bonds. The molecule has 1 aliphatic rings. The molecule has 1 atom stereocenters. The average molecular weight is 253 g/mol. The largest absolute Gasteiger partial charge is 0.481 e. The van der Waals surface area contributed by atoms with Crippen molar-refractivity contribution in [2.24, 2.45) is 0 Å².